The molecule has 0 N–H and O–H groups in total. The Morgan fingerprint density at radius 3 is 2.79 bits per heavy atom. The maximum Gasteiger partial charge on any atom is 0.316 e. The smallest absolute Gasteiger partial charge is 0.316 e. The normalized spacial score (nSPS) is 22.6. The van der Waals surface area contributed by atoms with Crippen molar-refractivity contribution in [2.45, 2.75) is 31.8 Å². The molecule has 6 heteroatoms. The van der Waals surface area contributed by atoms with Gasteiger partial charge in [-0.25, -0.2) is 9.97 Å². The molecular formula is C13H16ClN3O2. The highest BCUT2D eigenvalue weighted by Crippen LogP contribution is 2.33. The van der Waals surface area contributed by atoms with Crippen LogP contribution in [0.4, 0.5) is 0 Å². The van der Waals surface area contributed by atoms with E-state index in [1.807, 2.05) is 4.90 Å². The van der Waals surface area contributed by atoms with Gasteiger partial charge in [0.2, 0.25) is 5.91 Å². The third-order valence-electron chi connectivity index (χ3n) is 3.53. The molecule has 0 unspecified atom stereocenters. The van der Waals surface area contributed by atoms with E-state index in [-0.39, 0.29) is 12.0 Å². The van der Waals surface area contributed by atoms with Crippen LogP contribution in [0.2, 0.25) is 5.02 Å². The van der Waals surface area contributed by atoms with Gasteiger partial charge in [0.05, 0.1) is 24.0 Å². The highest BCUT2D eigenvalue weighted by atomic mass is 35.5. The number of aromatic nitrogens is 2. The van der Waals surface area contributed by atoms with Gasteiger partial charge in [-0.05, 0) is 18.8 Å². The fourth-order valence-electron chi connectivity index (χ4n) is 2.26. The van der Waals surface area contributed by atoms with E-state index in [0.717, 1.165) is 13.0 Å². The third kappa shape index (κ3) is 3.35. The SMILES string of the molecule is O=C(CC1CC1)N1CC[C@@H](Oc2ncc(Cl)cn2)C1. The molecule has 0 aromatic carbocycles. The number of hydrogen-bond acceptors (Lipinski definition) is 4. The molecule has 2 heterocycles. The lowest BCUT2D eigenvalue weighted by atomic mass is 10.2. The van der Waals surface area contributed by atoms with Gasteiger partial charge >= 0.3 is 6.01 Å². The maximum absolute atomic E-state index is 12.0. The zero-order chi connectivity index (χ0) is 13.2. The zero-order valence-electron chi connectivity index (χ0n) is 10.6. The van der Waals surface area contributed by atoms with Crippen LogP contribution in [0.1, 0.15) is 25.7 Å². The van der Waals surface area contributed by atoms with Crippen molar-refractivity contribution in [1.29, 1.82) is 0 Å². The summed E-state index contributed by atoms with van der Waals surface area (Å²) in [6.45, 7) is 1.40. The molecule has 1 aromatic heterocycles. The molecule has 1 atom stereocenters. The molecule has 1 saturated heterocycles. The molecule has 3 rings (SSSR count). The first-order chi connectivity index (χ1) is 9.20. The lowest BCUT2D eigenvalue weighted by Crippen LogP contribution is -2.31. The number of rotatable bonds is 4. The molecule has 2 aliphatic rings. The number of hydrogen-bond donors (Lipinski definition) is 0. The molecule has 1 saturated carbocycles. The van der Waals surface area contributed by atoms with Crippen LogP contribution in [-0.4, -0.2) is 40.0 Å². The van der Waals surface area contributed by atoms with Crippen molar-refractivity contribution in [1.82, 2.24) is 14.9 Å². The maximum atomic E-state index is 12.0. The van der Waals surface area contributed by atoms with Crippen molar-refractivity contribution in [2.75, 3.05) is 13.1 Å². The first kappa shape index (κ1) is 12.7. The van der Waals surface area contributed by atoms with Crippen molar-refractivity contribution < 1.29 is 9.53 Å². The van der Waals surface area contributed by atoms with Crippen molar-refractivity contribution in [3.05, 3.63) is 17.4 Å². The number of amides is 1. The second-order valence-corrected chi connectivity index (χ2v) is 5.64. The molecule has 19 heavy (non-hydrogen) atoms. The summed E-state index contributed by atoms with van der Waals surface area (Å²) >= 11 is 5.71. The lowest BCUT2D eigenvalue weighted by Gasteiger charge is -2.16. The summed E-state index contributed by atoms with van der Waals surface area (Å²) in [6.07, 6.45) is 6.95. The average molecular weight is 282 g/mol. The molecular weight excluding hydrogens is 266 g/mol. The van der Waals surface area contributed by atoms with Gasteiger partial charge in [0.15, 0.2) is 0 Å². The number of carbonyl (C=O) groups is 1. The fraction of sp³-hybridized carbons (Fsp3) is 0.615. The molecule has 2 fully saturated rings. The average Bonchev–Trinajstić information content (AvgIpc) is 3.08. The van der Waals surface area contributed by atoms with E-state index in [4.69, 9.17) is 16.3 Å². The van der Waals surface area contributed by atoms with Gasteiger partial charge in [-0.2, -0.15) is 0 Å². The summed E-state index contributed by atoms with van der Waals surface area (Å²) < 4.78 is 5.66. The molecule has 0 radical (unpaired) electrons. The Balaban J connectivity index is 1.50. The Bertz CT molecular complexity index is 461. The lowest BCUT2D eigenvalue weighted by molar-refractivity contribution is -0.130. The first-order valence-electron chi connectivity index (χ1n) is 6.62. The number of nitrogens with zero attached hydrogens (tertiary/aromatic N) is 3. The van der Waals surface area contributed by atoms with E-state index in [1.54, 1.807) is 0 Å². The van der Waals surface area contributed by atoms with E-state index >= 15 is 0 Å². The van der Waals surface area contributed by atoms with Crippen LogP contribution >= 0.6 is 11.6 Å². The molecule has 1 aliphatic carbocycles. The van der Waals surface area contributed by atoms with Crippen LogP contribution in [0.3, 0.4) is 0 Å². The summed E-state index contributed by atoms with van der Waals surface area (Å²) in [7, 11) is 0. The Kier molecular flexibility index (Phi) is 3.55. The predicted molar refractivity (Wildman–Crippen MR) is 70.0 cm³/mol. The van der Waals surface area contributed by atoms with E-state index in [1.165, 1.54) is 25.2 Å². The second kappa shape index (κ2) is 5.33. The minimum atomic E-state index is -0.00988. The Morgan fingerprint density at radius 1 is 1.37 bits per heavy atom. The van der Waals surface area contributed by atoms with Gasteiger partial charge in [-0.3, -0.25) is 4.79 Å². The van der Waals surface area contributed by atoms with Gasteiger partial charge in [0.25, 0.3) is 0 Å². The molecule has 5 nitrogen and oxygen atoms in total. The number of likely N-dealkylation sites (tertiary alicyclic amines) is 1. The van der Waals surface area contributed by atoms with Gasteiger partial charge < -0.3 is 9.64 Å². The minimum Gasteiger partial charge on any atom is -0.458 e. The fourth-order valence-corrected chi connectivity index (χ4v) is 2.36. The van der Waals surface area contributed by atoms with E-state index in [0.29, 0.717) is 29.9 Å². The standard InChI is InChI=1S/C13H16ClN3O2/c14-10-6-15-13(16-7-10)19-11-3-4-17(8-11)12(18)5-9-1-2-9/h6-7,9,11H,1-5,8H2/t11-/m1/s1. The Hall–Kier alpha value is -1.36. The molecule has 1 aliphatic heterocycles. The van der Waals surface area contributed by atoms with E-state index in [9.17, 15) is 4.79 Å². The largest absolute Gasteiger partial charge is 0.458 e. The van der Waals surface area contributed by atoms with Crippen LogP contribution in [-0.2, 0) is 4.79 Å². The highest BCUT2D eigenvalue weighted by Gasteiger charge is 2.32. The van der Waals surface area contributed by atoms with E-state index in [2.05, 4.69) is 9.97 Å². The summed E-state index contributed by atoms with van der Waals surface area (Å²) in [4.78, 5) is 21.9. The molecule has 0 spiro atoms. The number of ether oxygens (including phenoxy) is 1. The van der Waals surface area contributed by atoms with Crippen LogP contribution in [0.5, 0.6) is 6.01 Å². The number of halogens is 1. The van der Waals surface area contributed by atoms with Crippen molar-refractivity contribution >= 4 is 17.5 Å². The zero-order valence-corrected chi connectivity index (χ0v) is 11.3. The van der Waals surface area contributed by atoms with Crippen molar-refractivity contribution in [2.24, 2.45) is 5.92 Å². The first-order valence-corrected chi connectivity index (χ1v) is 7.00. The summed E-state index contributed by atoms with van der Waals surface area (Å²) in [5, 5.41) is 0.486. The molecule has 0 bridgehead atoms. The summed E-state index contributed by atoms with van der Waals surface area (Å²) in [5.74, 6) is 0.887. The topological polar surface area (TPSA) is 55.3 Å². The molecule has 1 aromatic rings. The minimum absolute atomic E-state index is 0.00988. The Labute approximate surface area is 116 Å². The van der Waals surface area contributed by atoms with Crippen LogP contribution < -0.4 is 4.74 Å². The quantitative estimate of drug-likeness (QED) is 0.846. The number of carbonyl (C=O) groups excluding carboxylic acids is 1. The summed E-state index contributed by atoms with van der Waals surface area (Å²) in [5.41, 5.74) is 0. The predicted octanol–water partition coefficient (Wildman–Crippen LogP) is 1.91. The van der Waals surface area contributed by atoms with Gasteiger partial charge in [-0.15, -0.1) is 0 Å². The van der Waals surface area contributed by atoms with Crippen molar-refractivity contribution in [3.63, 3.8) is 0 Å². The van der Waals surface area contributed by atoms with Gasteiger partial charge in [-0.1, -0.05) is 11.6 Å². The molecule has 102 valence electrons. The van der Waals surface area contributed by atoms with Gasteiger partial charge in [0, 0.05) is 19.4 Å². The third-order valence-corrected chi connectivity index (χ3v) is 3.72. The second-order valence-electron chi connectivity index (χ2n) is 5.20. The monoisotopic (exact) mass is 281 g/mol. The van der Waals surface area contributed by atoms with Gasteiger partial charge in [0.1, 0.15) is 6.10 Å². The Morgan fingerprint density at radius 2 is 2.11 bits per heavy atom. The summed E-state index contributed by atoms with van der Waals surface area (Å²) in [6, 6.07) is 0.325. The molecule has 1 amide bonds. The van der Waals surface area contributed by atoms with Crippen molar-refractivity contribution in [3.8, 4) is 6.01 Å². The van der Waals surface area contributed by atoms with Crippen LogP contribution in [0.15, 0.2) is 12.4 Å². The van der Waals surface area contributed by atoms with Crippen LogP contribution in [0, 0.1) is 5.92 Å². The highest BCUT2D eigenvalue weighted by molar-refractivity contribution is 6.30. The van der Waals surface area contributed by atoms with E-state index < -0.39 is 0 Å². The van der Waals surface area contributed by atoms with Crippen LogP contribution in [0.25, 0.3) is 0 Å².